The number of carbonyl (C=O) groups excluding carboxylic acids is 2. The summed E-state index contributed by atoms with van der Waals surface area (Å²) in [6.07, 6.45) is -4.82. The van der Waals surface area contributed by atoms with Crippen molar-refractivity contribution in [1.82, 2.24) is 5.32 Å². The molecule has 2 rings (SSSR count). The van der Waals surface area contributed by atoms with E-state index < -0.39 is 42.0 Å². The molecule has 1 aliphatic heterocycles. The van der Waals surface area contributed by atoms with Crippen LogP contribution >= 0.6 is 11.6 Å². The van der Waals surface area contributed by atoms with Crippen LogP contribution in [0.3, 0.4) is 0 Å². The highest BCUT2D eigenvalue weighted by molar-refractivity contribution is 6.31. The van der Waals surface area contributed by atoms with Gasteiger partial charge in [0, 0.05) is 11.1 Å². The maximum atomic E-state index is 13.7. The fourth-order valence-corrected chi connectivity index (χ4v) is 3.33. The quantitative estimate of drug-likeness (QED) is 0.815. The van der Waals surface area contributed by atoms with Crippen LogP contribution in [0, 0.1) is 11.8 Å². The van der Waals surface area contributed by atoms with E-state index in [9.17, 15) is 22.8 Å². The molecule has 0 unspecified atom stereocenters. The molecular weight excluding hydrogens is 363 g/mol. The van der Waals surface area contributed by atoms with E-state index in [0.717, 1.165) is 7.11 Å². The first kappa shape index (κ1) is 19.5. The Kier molecular flexibility index (Phi) is 5.95. The van der Waals surface area contributed by atoms with Crippen molar-refractivity contribution in [3.05, 3.63) is 34.9 Å². The highest BCUT2D eigenvalue weighted by atomic mass is 35.5. The average molecular weight is 380 g/mol. The van der Waals surface area contributed by atoms with Gasteiger partial charge in [0.2, 0.25) is 0 Å². The third kappa shape index (κ3) is 3.90. The lowest BCUT2D eigenvalue weighted by atomic mass is 9.84. The van der Waals surface area contributed by atoms with Crippen LogP contribution in [0.5, 0.6) is 0 Å². The Labute approximate surface area is 147 Å². The summed E-state index contributed by atoms with van der Waals surface area (Å²) in [7, 11) is 0.986. The van der Waals surface area contributed by atoms with Crippen LogP contribution in [0.15, 0.2) is 24.3 Å². The molecule has 1 aromatic carbocycles. The monoisotopic (exact) mass is 379 g/mol. The largest absolute Gasteiger partial charge is 0.468 e. The number of nitrogens with one attached hydrogen (secondary N) is 1. The second kappa shape index (κ2) is 7.61. The summed E-state index contributed by atoms with van der Waals surface area (Å²) in [5.74, 6) is -6.11. The molecule has 1 N–H and O–H groups in total. The number of rotatable bonds is 4. The molecule has 0 aliphatic carbocycles. The lowest BCUT2D eigenvalue weighted by molar-refractivity contribution is -0.200. The van der Waals surface area contributed by atoms with Gasteiger partial charge in [-0.25, -0.2) is 0 Å². The van der Waals surface area contributed by atoms with Crippen molar-refractivity contribution in [3.63, 3.8) is 0 Å². The van der Waals surface area contributed by atoms with Gasteiger partial charge >= 0.3 is 18.1 Å². The van der Waals surface area contributed by atoms with Crippen LogP contribution in [-0.4, -0.2) is 37.9 Å². The Morgan fingerprint density at radius 1 is 1.24 bits per heavy atom. The van der Waals surface area contributed by atoms with Crippen molar-refractivity contribution >= 4 is 23.5 Å². The molecule has 5 nitrogen and oxygen atoms in total. The van der Waals surface area contributed by atoms with Gasteiger partial charge in [-0.1, -0.05) is 29.8 Å². The summed E-state index contributed by atoms with van der Waals surface area (Å²) >= 11 is 6.08. The summed E-state index contributed by atoms with van der Waals surface area (Å²) in [5.41, 5.74) is 0.280. The molecule has 0 amide bonds. The van der Waals surface area contributed by atoms with Crippen LogP contribution in [0.25, 0.3) is 0 Å². The van der Waals surface area contributed by atoms with Crippen LogP contribution in [0.1, 0.15) is 18.5 Å². The Hall–Kier alpha value is -1.80. The number of hydrogen-bond acceptors (Lipinski definition) is 5. The van der Waals surface area contributed by atoms with Crippen LogP contribution in [0.2, 0.25) is 5.02 Å². The van der Waals surface area contributed by atoms with E-state index in [0.29, 0.717) is 0 Å². The summed E-state index contributed by atoms with van der Waals surface area (Å²) in [5, 5.41) is 2.75. The molecular formula is C16H17ClF3NO4. The highest BCUT2D eigenvalue weighted by Gasteiger charge is 2.62. The van der Waals surface area contributed by atoms with Crippen molar-refractivity contribution in [2.45, 2.75) is 25.2 Å². The number of ether oxygens (including phenoxy) is 2. The number of esters is 2. The van der Waals surface area contributed by atoms with Gasteiger partial charge in [-0.3, -0.25) is 14.9 Å². The minimum Gasteiger partial charge on any atom is -0.468 e. The predicted octanol–water partition coefficient (Wildman–Crippen LogP) is 2.88. The number of halogens is 4. The van der Waals surface area contributed by atoms with E-state index in [1.54, 1.807) is 12.1 Å². The summed E-state index contributed by atoms with van der Waals surface area (Å²) in [6, 6.07) is 3.32. The second-order valence-corrected chi connectivity index (χ2v) is 5.92. The zero-order chi connectivity index (χ0) is 18.8. The second-order valence-electron chi connectivity index (χ2n) is 5.51. The first-order valence-corrected chi connectivity index (χ1v) is 7.91. The fourth-order valence-electron chi connectivity index (χ4n) is 3.08. The van der Waals surface area contributed by atoms with E-state index in [-0.39, 0.29) is 17.2 Å². The van der Waals surface area contributed by atoms with E-state index >= 15 is 0 Å². The van der Waals surface area contributed by atoms with Crippen molar-refractivity contribution in [1.29, 1.82) is 0 Å². The third-order valence-electron chi connectivity index (χ3n) is 4.10. The molecule has 4 atom stereocenters. The number of methoxy groups -OCH3 is 1. The van der Waals surface area contributed by atoms with E-state index in [4.69, 9.17) is 16.3 Å². The zero-order valence-electron chi connectivity index (χ0n) is 13.5. The average Bonchev–Trinajstić information content (AvgIpc) is 2.95. The fraction of sp³-hybridized carbons (Fsp3) is 0.500. The minimum atomic E-state index is -4.82. The molecule has 9 heteroatoms. The molecule has 0 aromatic heterocycles. The SMILES string of the molecule is CCOC(=O)[C@H]1[C@@H](C(F)(F)F)[C@H](C(=O)OC)N[C@@H]1c1ccccc1Cl. The van der Waals surface area contributed by atoms with Crippen LogP contribution < -0.4 is 5.32 Å². The Morgan fingerprint density at radius 2 is 1.88 bits per heavy atom. The Morgan fingerprint density at radius 3 is 2.40 bits per heavy atom. The van der Waals surface area contributed by atoms with Gasteiger partial charge in [-0.05, 0) is 18.6 Å². The molecule has 1 fully saturated rings. The van der Waals surface area contributed by atoms with Gasteiger partial charge in [-0.15, -0.1) is 0 Å². The maximum Gasteiger partial charge on any atom is 0.394 e. The molecule has 0 bridgehead atoms. The lowest BCUT2D eigenvalue weighted by Crippen LogP contribution is -2.45. The molecule has 1 aliphatic rings. The van der Waals surface area contributed by atoms with E-state index in [2.05, 4.69) is 10.1 Å². The van der Waals surface area contributed by atoms with Gasteiger partial charge in [-0.2, -0.15) is 13.2 Å². The topological polar surface area (TPSA) is 64.6 Å². The number of carbonyl (C=O) groups is 2. The summed E-state index contributed by atoms with van der Waals surface area (Å²) in [4.78, 5) is 24.2. The van der Waals surface area contributed by atoms with Gasteiger partial charge in [0.25, 0.3) is 0 Å². The number of benzene rings is 1. The van der Waals surface area contributed by atoms with Crippen molar-refractivity contribution in [3.8, 4) is 0 Å². The van der Waals surface area contributed by atoms with E-state index in [1.165, 1.54) is 19.1 Å². The zero-order valence-corrected chi connectivity index (χ0v) is 14.2. The third-order valence-corrected chi connectivity index (χ3v) is 4.44. The highest BCUT2D eigenvalue weighted by Crippen LogP contribution is 2.47. The van der Waals surface area contributed by atoms with Crippen LogP contribution in [0.4, 0.5) is 13.2 Å². The van der Waals surface area contributed by atoms with Crippen molar-refractivity contribution in [2.75, 3.05) is 13.7 Å². The molecule has 0 saturated carbocycles. The predicted molar refractivity (Wildman–Crippen MR) is 82.8 cm³/mol. The number of hydrogen-bond donors (Lipinski definition) is 1. The smallest absolute Gasteiger partial charge is 0.394 e. The van der Waals surface area contributed by atoms with Gasteiger partial charge in [0.05, 0.1) is 25.6 Å². The lowest BCUT2D eigenvalue weighted by Gasteiger charge is -2.25. The van der Waals surface area contributed by atoms with Crippen LogP contribution in [-0.2, 0) is 19.1 Å². The minimum absolute atomic E-state index is 0.0853. The van der Waals surface area contributed by atoms with Gasteiger partial charge in [0.1, 0.15) is 6.04 Å². The van der Waals surface area contributed by atoms with Gasteiger partial charge in [0.15, 0.2) is 0 Å². The summed E-state index contributed by atoms with van der Waals surface area (Å²) in [6.45, 7) is 1.41. The normalized spacial score (nSPS) is 26.3. The maximum absolute atomic E-state index is 13.7. The van der Waals surface area contributed by atoms with Crippen molar-refractivity contribution < 1.29 is 32.2 Å². The molecule has 1 saturated heterocycles. The first-order valence-electron chi connectivity index (χ1n) is 7.54. The first-order chi connectivity index (χ1) is 11.7. The summed E-state index contributed by atoms with van der Waals surface area (Å²) < 4.78 is 50.3. The van der Waals surface area contributed by atoms with Crippen molar-refractivity contribution in [2.24, 2.45) is 11.8 Å². The molecule has 0 spiro atoms. The Bertz CT molecular complexity index is 653. The molecule has 1 aromatic rings. The standard InChI is InChI=1S/C16H17ClF3NO4/c1-3-25-14(22)10-11(16(18,19)20)13(15(23)24-2)21-12(10)8-6-4-5-7-9(8)17/h4-7,10-13,21H,3H2,1-2H3/t10-,11+,12+,13+/m0/s1. The molecule has 0 radical (unpaired) electrons. The van der Waals surface area contributed by atoms with Gasteiger partial charge < -0.3 is 9.47 Å². The Balaban J connectivity index is 2.55. The molecule has 25 heavy (non-hydrogen) atoms. The molecule has 138 valence electrons. The molecule has 1 heterocycles. The van der Waals surface area contributed by atoms with E-state index in [1.807, 2.05) is 0 Å². The number of alkyl halides is 3.